The van der Waals surface area contributed by atoms with Crippen molar-refractivity contribution >= 4 is 0 Å². The number of nitrogens with zero attached hydrogens (tertiary/aromatic N) is 2. The van der Waals surface area contributed by atoms with E-state index in [1.54, 1.807) is 0 Å². The van der Waals surface area contributed by atoms with E-state index in [0.717, 1.165) is 24.7 Å². The van der Waals surface area contributed by atoms with Crippen molar-refractivity contribution in [2.45, 2.75) is 56.8 Å². The van der Waals surface area contributed by atoms with Gasteiger partial charge in [-0.05, 0) is 32.2 Å². The summed E-state index contributed by atoms with van der Waals surface area (Å²) in [4.78, 5) is 4.78. The zero-order valence-electron chi connectivity index (χ0n) is 10.6. The van der Waals surface area contributed by atoms with E-state index in [2.05, 4.69) is 22.4 Å². The number of hydrogen-bond donors (Lipinski definition) is 2. The van der Waals surface area contributed by atoms with E-state index in [-0.39, 0.29) is 5.41 Å². The van der Waals surface area contributed by atoms with Crippen LogP contribution in [0.5, 0.6) is 0 Å². The van der Waals surface area contributed by atoms with E-state index in [0.29, 0.717) is 5.92 Å². The molecule has 2 aliphatic rings. The van der Waals surface area contributed by atoms with Gasteiger partial charge >= 0.3 is 0 Å². The number of nitrogens with one attached hydrogen (secondary N) is 2. The largest absolute Gasteiger partial charge is 0.316 e. The number of aromatic nitrogens is 3. The monoisotopic (exact) mass is 234 g/mol. The van der Waals surface area contributed by atoms with Crippen LogP contribution in [0.3, 0.4) is 0 Å². The molecule has 1 atom stereocenters. The fourth-order valence-electron chi connectivity index (χ4n) is 3.17. The number of piperidine rings is 1. The average Bonchev–Trinajstić information content (AvgIpc) is 3.01. The van der Waals surface area contributed by atoms with Crippen LogP contribution in [0, 0.1) is 0 Å². The van der Waals surface area contributed by atoms with Crippen LogP contribution < -0.4 is 5.32 Å². The minimum absolute atomic E-state index is 0.131. The highest BCUT2D eigenvalue weighted by Gasteiger charge is 2.33. The normalized spacial score (nSPS) is 30.9. The molecule has 4 heteroatoms. The predicted octanol–water partition coefficient (Wildman–Crippen LogP) is 2.10. The van der Waals surface area contributed by atoms with Crippen LogP contribution in [0.15, 0.2) is 0 Å². The van der Waals surface area contributed by atoms with E-state index in [9.17, 15) is 0 Å². The molecule has 94 valence electrons. The first-order valence-corrected chi connectivity index (χ1v) is 6.91. The Labute approximate surface area is 103 Å². The Hall–Kier alpha value is -0.900. The SMILES string of the molecule is CC1(c2n[nH]c(C3CCCC3)n2)CCCNC1. The van der Waals surface area contributed by atoms with Crippen LogP contribution in [-0.4, -0.2) is 28.3 Å². The Morgan fingerprint density at radius 1 is 1.24 bits per heavy atom. The lowest BCUT2D eigenvalue weighted by molar-refractivity contribution is 0.324. The topological polar surface area (TPSA) is 53.6 Å². The molecule has 2 fully saturated rings. The summed E-state index contributed by atoms with van der Waals surface area (Å²) in [5, 5.41) is 11.1. The van der Waals surface area contributed by atoms with Crippen molar-refractivity contribution in [2.24, 2.45) is 0 Å². The van der Waals surface area contributed by atoms with Gasteiger partial charge in [-0.15, -0.1) is 0 Å². The van der Waals surface area contributed by atoms with Crippen LogP contribution >= 0.6 is 0 Å². The van der Waals surface area contributed by atoms with Gasteiger partial charge in [0.2, 0.25) is 0 Å². The maximum Gasteiger partial charge on any atom is 0.157 e. The Bertz CT molecular complexity index is 373. The Balaban J connectivity index is 1.78. The van der Waals surface area contributed by atoms with E-state index in [4.69, 9.17) is 4.98 Å². The molecule has 1 saturated carbocycles. The summed E-state index contributed by atoms with van der Waals surface area (Å²) < 4.78 is 0. The first-order chi connectivity index (χ1) is 8.28. The van der Waals surface area contributed by atoms with Crippen molar-refractivity contribution in [1.82, 2.24) is 20.5 Å². The third-order valence-electron chi connectivity index (χ3n) is 4.38. The number of H-pyrrole nitrogens is 1. The number of rotatable bonds is 2. The van der Waals surface area contributed by atoms with E-state index >= 15 is 0 Å². The molecule has 1 saturated heterocycles. The molecule has 2 N–H and O–H groups in total. The molecule has 17 heavy (non-hydrogen) atoms. The lowest BCUT2D eigenvalue weighted by atomic mass is 9.82. The van der Waals surface area contributed by atoms with Gasteiger partial charge in [0.25, 0.3) is 0 Å². The van der Waals surface area contributed by atoms with Crippen molar-refractivity contribution in [3.8, 4) is 0 Å². The van der Waals surface area contributed by atoms with Gasteiger partial charge < -0.3 is 5.32 Å². The zero-order valence-corrected chi connectivity index (χ0v) is 10.6. The van der Waals surface area contributed by atoms with Crippen LogP contribution in [-0.2, 0) is 5.41 Å². The van der Waals surface area contributed by atoms with Gasteiger partial charge in [0.05, 0.1) is 0 Å². The van der Waals surface area contributed by atoms with Crippen molar-refractivity contribution in [1.29, 1.82) is 0 Å². The Kier molecular flexibility index (Phi) is 2.90. The molecule has 0 amide bonds. The molecule has 1 aliphatic carbocycles. The second-order valence-corrected chi connectivity index (χ2v) is 5.87. The van der Waals surface area contributed by atoms with Crippen molar-refractivity contribution in [3.63, 3.8) is 0 Å². The molecule has 4 nitrogen and oxygen atoms in total. The highest BCUT2D eigenvalue weighted by molar-refractivity contribution is 5.11. The summed E-state index contributed by atoms with van der Waals surface area (Å²) >= 11 is 0. The van der Waals surface area contributed by atoms with Gasteiger partial charge in [-0.2, -0.15) is 5.10 Å². The van der Waals surface area contributed by atoms with E-state index in [1.165, 1.54) is 38.5 Å². The maximum absolute atomic E-state index is 4.78. The van der Waals surface area contributed by atoms with E-state index in [1.807, 2.05) is 0 Å². The molecule has 1 aromatic heterocycles. The average molecular weight is 234 g/mol. The summed E-state index contributed by atoms with van der Waals surface area (Å²) in [6.45, 7) is 4.42. The quantitative estimate of drug-likeness (QED) is 0.824. The van der Waals surface area contributed by atoms with Gasteiger partial charge in [-0.25, -0.2) is 4.98 Å². The summed E-state index contributed by atoms with van der Waals surface area (Å²) in [5.74, 6) is 2.78. The van der Waals surface area contributed by atoms with Gasteiger partial charge in [0.15, 0.2) is 5.82 Å². The fraction of sp³-hybridized carbons (Fsp3) is 0.846. The van der Waals surface area contributed by atoms with Crippen molar-refractivity contribution in [3.05, 3.63) is 11.6 Å². The molecule has 0 bridgehead atoms. The number of hydrogen-bond acceptors (Lipinski definition) is 3. The first-order valence-electron chi connectivity index (χ1n) is 6.91. The molecular formula is C13H22N4. The minimum atomic E-state index is 0.131. The van der Waals surface area contributed by atoms with Gasteiger partial charge in [-0.3, -0.25) is 5.10 Å². The number of aromatic amines is 1. The third-order valence-corrected chi connectivity index (χ3v) is 4.38. The molecule has 0 radical (unpaired) electrons. The summed E-state index contributed by atoms with van der Waals surface area (Å²) in [6.07, 6.45) is 7.68. The van der Waals surface area contributed by atoms with Crippen molar-refractivity contribution < 1.29 is 0 Å². The second-order valence-electron chi connectivity index (χ2n) is 5.87. The summed E-state index contributed by atoms with van der Waals surface area (Å²) in [5.41, 5.74) is 0.131. The maximum atomic E-state index is 4.78. The highest BCUT2D eigenvalue weighted by atomic mass is 15.2. The smallest absolute Gasteiger partial charge is 0.157 e. The van der Waals surface area contributed by atoms with Gasteiger partial charge in [-0.1, -0.05) is 19.8 Å². The van der Waals surface area contributed by atoms with Gasteiger partial charge in [0.1, 0.15) is 5.82 Å². The fourth-order valence-corrected chi connectivity index (χ4v) is 3.17. The van der Waals surface area contributed by atoms with Crippen LogP contribution in [0.4, 0.5) is 0 Å². The lowest BCUT2D eigenvalue weighted by Gasteiger charge is -2.31. The highest BCUT2D eigenvalue weighted by Crippen LogP contribution is 2.34. The minimum Gasteiger partial charge on any atom is -0.316 e. The third kappa shape index (κ3) is 2.10. The van der Waals surface area contributed by atoms with E-state index < -0.39 is 0 Å². The molecule has 1 aromatic rings. The Morgan fingerprint density at radius 3 is 2.76 bits per heavy atom. The molecule has 0 spiro atoms. The molecule has 1 unspecified atom stereocenters. The lowest BCUT2D eigenvalue weighted by Crippen LogP contribution is -2.41. The van der Waals surface area contributed by atoms with Gasteiger partial charge in [0, 0.05) is 17.9 Å². The summed E-state index contributed by atoms with van der Waals surface area (Å²) in [6, 6.07) is 0. The molecule has 2 heterocycles. The predicted molar refractivity (Wildman–Crippen MR) is 67.0 cm³/mol. The van der Waals surface area contributed by atoms with Crippen LogP contribution in [0.2, 0.25) is 0 Å². The molecule has 0 aromatic carbocycles. The van der Waals surface area contributed by atoms with Crippen LogP contribution in [0.25, 0.3) is 0 Å². The van der Waals surface area contributed by atoms with Crippen molar-refractivity contribution in [2.75, 3.05) is 13.1 Å². The first kappa shape index (κ1) is 11.2. The van der Waals surface area contributed by atoms with Crippen LogP contribution in [0.1, 0.15) is 63.0 Å². The standard InChI is InChI=1S/C13H22N4/c1-13(7-4-8-14-9-13)12-15-11(16-17-12)10-5-2-3-6-10/h10,14H,2-9H2,1H3,(H,15,16,17). The summed E-state index contributed by atoms with van der Waals surface area (Å²) in [7, 11) is 0. The molecule has 1 aliphatic heterocycles. The Morgan fingerprint density at radius 2 is 2.06 bits per heavy atom. The molecule has 3 rings (SSSR count). The zero-order chi connectivity index (χ0) is 11.7. The second kappa shape index (κ2) is 4.41. The molecular weight excluding hydrogens is 212 g/mol.